The number of anilines is 1. The van der Waals surface area contributed by atoms with Gasteiger partial charge in [-0.15, -0.1) is 0 Å². The van der Waals surface area contributed by atoms with Crippen LogP contribution < -0.4 is 4.72 Å². The molecule has 8 heteroatoms. The summed E-state index contributed by atoms with van der Waals surface area (Å²) in [7, 11) is -3.82. The highest BCUT2D eigenvalue weighted by molar-refractivity contribution is 7.92. The lowest BCUT2D eigenvalue weighted by molar-refractivity contribution is -0.135. The first-order valence-corrected chi connectivity index (χ1v) is 10.3. The van der Waals surface area contributed by atoms with Crippen LogP contribution in [0.25, 0.3) is 11.3 Å². The van der Waals surface area contributed by atoms with Crippen molar-refractivity contribution in [1.29, 1.82) is 0 Å². The Hall–Kier alpha value is -2.68. The van der Waals surface area contributed by atoms with Crippen molar-refractivity contribution in [3.05, 3.63) is 66.4 Å². The summed E-state index contributed by atoms with van der Waals surface area (Å²) in [5, 5.41) is 4.02. The molecule has 1 unspecified atom stereocenters. The SMILES string of the molecule is CCOC(C)OCc1noc(-c2ccccc2)c1NS(=O)(=O)c1ccccc1. The van der Waals surface area contributed by atoms with E-state index in [1.54, 1.807) is 25.1 Å². The van der Waals surface area contributed by atoms with Crippen molar-refractivity contribution in [2.45, 2.75) is 31.6 Å². The van der Waals surface area contributed by atoms with Crippen LogP contribution in [0, 0.1) is 0 Å². The molecule has 0 bridgehead atoms. The van der Waals surface area contributed by atoms with Crippen molar-refractivity contribution in [2.24, 2.45) is 0 Å². The predicted octanol–water partition coefficient (Wildman–Crippen LogP) is 4.04. The summed E-state index contributed by atoms with van der Waals surface area (Å²) in [6, 6.07) is 17.3. The number of sulfonamides is 1. The molecule has 148 valence electrons. The lowest BCUT2D eigenvalue weighted by atomic mass is 10.1. The number of benzene rings is 2. The third kappa shape index (κ3) is 4.78. The van der Waals surface area contributed by atoms with E-state index in [9.17, 15) is 8.42 Å². The first-order valence-electron chi connectivity index (χ1n) is 8.86. The minimum atomic E-state index is -3.82. The minimum absolute atomic E-state index is 0.0319. The van der Waals surface area contributed by atoms with Crippen LogP contribution in [0.3, 0.4) is 0 Å². The summed E-state index contributed by atoms with van der Waals surface area (Å²) in [4.78, 5) is 0.143. The summed E-state index contributed by atoms with van der Waals surface area (Å²) < 4.78 is 44.7. The van der Waals surface area contributed by atoms with E-state index >= 15 is 0 Å². The summed E-state index contributed by atoms with van der Waals surface area (Å²) in [6.45, 7) is 4.16. The number of aromatic nitrogens is 1. The van der Waals surface area contributed by atoms with E-state index in [1.165, 1.54) is 12.1 Å². The zero-order chi connectivity index (χ0) is 20.0. The van der Waals surface area contributed by atoms with Crippen molar-refractivity contribution in [1.82, 2.24) is 5.16 Å². The van der Waals surface area contributed by atoms with Gasteiger partial charge in [0.15, 0.2) is 12.1 Å². The molecule has 0 aliphatic rings. The average Bonchev–Trinajstić information content (AvgIpc) is 3.10. The van der Waals surface area contributed by atoms with E-state index in [2.05, 4.69) is 9.88 Å². The Kier molecular flexibility index (Phi) is 6.45. The summed E-state index contributed by atoms with van der Waals surface area (Å²) in [6.07, 6.45) is -0.458. The molecule has 0 saturated carbocycles. The molecule has 28 heavy (non-hydrogen) atoms. The first-order chi connectivity index (χ1) is 13.5. The van der Waals surface area contributed by atoms with E-state index < -0.39 is 16.3 Å². The van der Waals surface area contributed by atoms with Gasteiger partial charge in [0.05, 0.1) is 11.5 Å². The Balaban J connectivity index is 1.95. The first kappa shape index (κ1) is 20.1. The molecular weight excluding hydrogens is 380 g/mol. The van der Waals surface area contributed by atoms with Gasteiger partial charge in [-0.25, -0.2) is 8.42 Å². The number of rotatable bonds is 9. The highest BCUT2D eigenvalue weighted by Crippen LogP contribution is 2.33. The molecule has 0 saturated heterocycles. The summed E-state index contributed by atoms with van der Waals surface area (Å²) in [5.74, 6) is 0.322. The lowest BCUT2D eigenvalue weighted by Crippen LogP contribution is -2.16. The molecule has 1 heterocycles. The maximum absolute atomic E-state index is 12.8. The molecule has 0 radical (unpaired) electrons. The number of nitrogens with zero attached hydrogens (tertiary/aromatic N) is 1. The predicted molar refractivity (Wildman–Crippen MR) is 105 cm³/mol. The van der Waals surface area contributed by atoms with Crippen LogP contribution in [0.4, 0.5) is 5.69 Å². The highest BCUT2D eigenvalue weighted by atomic mass is 32.2. The molecule has 7 nitrogen and oxygen atoms in total. The average molecular weight is 402 g/mol. The van der Waals surface area contributed by atoms with E-state index in [4.69, 9.17) is 14.0 Å². The molecule has 3 aromatic rings. The number of ether oxygens (including phenoxy) is 2. The number of hydrogen-bond donors (Lipinski definition) is 1. The normalized spacial score (nSPS) is 12.6. The molecular formula is C20H22N2O5S. The second kappa shape index (κ2) is 9.01. The van der Waals surface area contributed by atoms with Gasteiger partial charge in [0, 0.05) is 12.2 Å². The van der Waals surface area contributed by atoms with Gasteiger partial charge < -0.3 is 14.0 Å². The quantitative estimate of drug-likeness (QED) is 0.543. The molecule has 0 aliphatic carbocycles. The van der Waals surface area contributed by atoms with Gasteiger partial charge in [-0.1, -0.05) is 53.7 Å². The molecule has 0 amide bonds. The molecule has 0 spiro atoms. The van der Waals surface area contributed by atoms with Crippen molar-refractivity contribution in [2.75, 3.05) is 11.3 Å². The van der Waals surface area contributed by atoms with Crippen LogP contribution in [0.5, 0.6) is 0 Å². The van der Waals surface area contributed by atoms with Crippen molar-refractivity contribution in [3.8, 4) is 11.3 Å². The number of nitrogens with one attached hydrogen (secondary N) is 1. The van der Waals surface area contributed by atoms with Gasteiger partial charge in [0.1, 0.15) is 11.4 Å². The zero-order valence-electron chi connectivity index (χ0n) is 15.7. The van der Waals surface area contributed by atoms with Crippen LogP contribution >= 0.6 is 0 Å². The van der Waals surface area contributed by atoms with Crippen LogP contribution in [0.2, 0.25) is 0 Å². The summed E-state index contributed by atoms with van der Waals surface area (Å²) >= 11 is 0. The van der Waals surface area contributed by atoms with Gasteiger partial charge in [0.2, 0.25) is 0 Å². The van der Waals surface area contributed by atoms with Crippen molar-refractivity contribution in [3.63, 3.8) is 0 Å². The fourth-order valence-corrected chi connectivity index (χ4v) is 3.70. The van der Waals surface area contributed by atoms with Crippen LogP contribution in [-0.4, -0.2) is 26.5 Å². The summed E-state index contributed by atoms with van der Waals surface area (Å²) in [5.41, 5.74) is 1.29. The van der Waals surface area contributed by atoms with Crippen LogP contribution in [0.15, 0.2) is 70.1 Å². The lowest BCUT2D eigenvalue weighted by Gasteiger charge is -2.13. The van der Waals surface area contributed by atoms with Gasteiger partial charge in [-0.05, 0) is 26.0 Å². The highest BCUT2D eigenvalue weighted by Gasteiger charge is 2.24. The third-order valence-electron chi connectivity index (χ3n) is 3.94. The Morgan fingerprint density at radius 2 is 1.68 bits per heavy atom. The molecule has 1 atom stereocenters. The smallest absolute Gasteiger partial charge is 0.262 e. The zero-order valence-corrected chi connectivity index (χ0v) is 16.5. The maximum Gasteiger partial charge on any atom is 0.262 e. The van der Waals surface area contributed by atoms with Crippen molar-refractivity contribution >= 4 is 15.7 Å². The topological polar surface area (TPSA) is 90.7 Å². The van der Waals surface area contributed by atoms with E-state index in [0.29, 0.717) is 23.6 Å². The van der Waals surface area contributed by atoms with Gasteiger partial charge >= 0.3 is 0 Å². The monoisotopic (exact) mass is 402 g/mol. The third-order valence-corrected chi connectivity index (χ3v) is 5.31. The van der Waals surface area contributed by atoms with E-state index in [1.807, 2.05) is 37.3 Å². The largest absolute Gasteiger partial charge is 0.354 e. The Bertz CT molecular complexity index is 988. The van der Waals surface area contributed by atoms with E-state index in [-0.39, 0.29) is 17.2 Å². The van der Waals surface area contributed by atoms with Crippen LogP contribution in [-0.2, 0) is 26.1 Å². The van der Waals surface area contributed by atoms with Gasteiger partial charge in [-0.2, -0.15) is 0 Å². The fraction of sp³-hybridized carbons (Fsp3) is 0.250. The van der Waals surface area contributed by atoms with Crippen LogP contribution in [0.1, 0.15) is 19.5 Å². The molecule has 3 rings (SSSR count). The Labute approximate surface area is 164 Å². The molecule has 1 aromatic heterocycles. The molecule has 0 fully saturated rings. The van der Waals surface area contributed by atoms with E-state index in [0.717, 1.165) is 0 Å². The van der Waals surface area contributed by atoms with Gasteiger partial charge in [0.25, 0.3) is 10.0 Å². The fourth-order valence-electron chi connectivity index (χ4n) is 2.59. The second-order valence-electron chi connectivity index (χ2n) is 5.95. The second-order valence-corrected chi connectivity index (χ2v) is 7.63. The minimum Gasteiger partial charge on any atom is -0.354 e. The molecule has 2 aromatic carbocycles. The Morgan fingerprint density at radius 1 is 1.04 bits per heavy atom. The maximum atomic E-state index is 12.8. The van der Waals surface area contributed by atoms with Gasteiger partial charge in [-0.3, -0.25) is 4.72 Å². The van der Waals surface area contributed by atoms with Crippen molar-refractivity contribution < 1.29 is 22.4 Å². The molecule has 1 N–H and O–H groups in total. The Morgan fingerprint density at radius 3 is 2.32 bits per heavy atom. The number of hydrogen-bond acceptors (Lipinski definition) is 6. The molecule has 0 aliphatic heterocycles. The standard InChI is InChI=1S/C20H22N2O5S/c1-3-25-15(2)26-14-18-19(20(27-21-18)16-10-6-4-7-11-16)22-28(23,24)17-12-8-5-9-13-17/h4-13,15,22H,3,14H2,1-2H3.